The molecule has 0 saturated carbocycles. The smallest absolute Gasteiger partial charge is 0.314 e. The molecular formula is C18H27N3O2S. The van der Waals surface area contributed by atoms with Crippen LogP contribution < -0.4 is 10.6 Å². The van der Waals surface area contributed by atoms with Gasteiger partial charge in [0.25, 0.3) is 0 Å². The molecule has 6 heteroatoms. The average molecular weight is 350 g/mol. The molecule has 3 N–H and O–H groups in total. The van der Waals surface area contributed by atoms with Gasteiger partial charge in [0.05, 0.1) is 0 Å². The molecule has 2 amide bonds. The molecule has 0 spiro atoms. The summed E-state index contributed by atoms with van der Waals surface area (Å²) in [6, 6.07) is 6.01. The Labute approximate surface area is 146 Å². The number of rotatable bonds is 6. The molecule has 0 bridgehead atoms. The van der Waals surface area contributed by atoms with Crippen molar-refractivity contribution in [2.45, 2.75) is 38.9 Å². The number of aromatic amines is 1. The SMILES string of the molecule is Cc1cccc2c(CCNC(=O)NCCS(=O)C(C)(C)C)c[nH]c12. The van der Waals surface area contributed by atoms with E-state index in [0.717, 1.165) is 11.9 Å². The van der Waals surface area contributed by atoms with Gasteiger partial charge in [-0.2, -0.15) is 0 Å². The molecule has 5 nitrogen and oxygen atoms in total. The van der Waals surface area contributed by atoms with E-state index in [4.69, 9.17) is 0 Å². The summed E-state index contributed by atoms with van der Waals surface area (Å²) in [7, 11) is -0.948. The standard InChI is InChI=1S/C18H27N3O2S/c1-13-6-5-7-15-14(12-21-16(13)15)8-9-19-17(22)20-10-11-24(23)18(2,3)4/h5-7,12,21H,8-11H2,1-4H3,(H2,19,20,22). The molecule has 0 saturated heterocycles. The highest BCUT2D eigenvalue weighted by Gasteiger charge is 2.18. The minimum Gasteiger partial charge on any atom is -0.361 e. The molecule has 2 aromatic rings. The number of hydrogen-bond acceptors (Lipinski definition) is 2. The molecule has 1 unspecified atom stereocenters. The fraction of sp³-hybridized carbons (Fsp3) is 0.500. The zero-order chi connectivity index (χ0) is 17.7. The van der Waals surface area contributed by atoms with Gasteiger partial charge in [0, 0.05) is 51.5 Å². The number of carbonyl (C=O) groups is 1. The van der Waals surface area contributed by atoms with Crippen LogP contribution in [0.2, 0.25) is 0 Å². The number of benzene rings is 1. The molecule has 0 aliphatic carbocycles. The molecule has 1 aromatic heterocycles. The lowest BCUT2D eigenvalue weighted by molar-refractivity contribution is 0.241. The third kappa shape index (κ3) is 4.84. The minimum absolute atomic E-state index is 0.211. The average Bonchev–Trinajstić information content (AvgIpc) is 2.91. The van der Waals surface area contributed by atoms with Gasteiger partial charge in [-0.25, -0.2) is 4.79 Å². The first kappa shape index (κ1) is 18.5. The van der Waals surface area contributed by atoms with Crippen molar-refractivity contribution in [2.24, 2.45) is 0 Å². The second-order valence-electron chi connectivity index (χ2n) is 6.91. The molecule has 1 atom stereocenters. The molecule has 1 heterocycles. The number of fused-ring (bicyclic) bond motifs is 1. The summed E-state index contributed by atoms with van der Waals surface area (Å²) in [5.74, 6) is 0.471. The van der Waals surface area contributed by atoms with Crippen molar-refractivity contribution in [2.75, 3.05) is 18.8 Å². The van der Waals surface area contributed by atoms with E-state index in [0.29, 0.717) is 18.8 Å². The summed E-state index contributed by atoms with van der Waals surface area (Å²) in [6.07, 6.45) is 2.77. The largest absolute Gasteiger partial charge is 0.361 e. The van der Waals surface area contributed by atoms with Crippen LogP contribution in [0, 0.1) is 6.92 Å². The maximum atomic E-state index is 11.9. The van der Waals surface area contributed by atoms with E-state index in [1.807, 2.05) is 33.0 Å². The van der Waals surface area contributed by atoms with E-state index in [1.165, 1.54) is 16.5 Å². The third-order valence-electron chi connectivity index (χ3n) is 3.95. The van der Waals surface area contributed by atoms with Gasteiger partial charge in [-0.15, -0.1) is 0 Å². The van der Waals surface area contributed by atoms with Gasteiger partial charge in [0.2, 0.25) is 0 Å². The van der Waals surface area contributed by atoms with E-state index >= 15 is 0 Å². The maximum Gasteiger partial charge on any atom is 0.314 e. The molecule has 2 rings (SSSR count). The van der Waals surface area contributed by atoms with Gasteiger partial charge >= 0.3 is 6.03 Å². The summed E-state index contributed by atoms with van der Waals surface area (Å²) in [4.78, 5) is 15.1. The van der Waals surface area contributed by atoms with Crippen molar-refractivity contribution in [3.8, 4) is 0 Å². The minimum atomic E-state index is -0.948. The second kappa shape index (κ2) is 7.83. The van der Waals surface area contributed by atoms with Gasteiger partial charge < -0.3 is 15.6 Å². The van der Waals surface area contributed by atoms with Crippen molar-refractivity contribution in [1.82, 2.24) is 15.6 Å². The van der Waals surface area contributed by atoms with Crippen molar-refractivity contribution < 1.29 is 9.00 Å². The van der Waals surface area contributed by atoms with Crippen LogP contribution in [0.5, 0.6) is 0 Å². The summed E-state index contributed by atoms with van der Waals surface area (Å²) in [5.41, 5.74) is 3.57. The summed E-state index contributed by atoms with van der Waals surface area (Å²) < 4.78 is 11.7. The van der Waals surface area contributed by atoms with Crippen LogP contribution in [0.4, 0.5) is 4.79 Å². The Bertz CT molecular complexity index is 731. The van der Waals surface area contributed by atoms with Crippen LogP contribution >= 0.6 is 0 Å². The van der Waals surface area contributed by atoms with Crippen LogP contribution in [0.1, 0.15) is 31.9 Å². The molecule has 0 fully saturated rings. The Hall–Kier alpha value is -1.82. The Morgan fingerprint density at radius 3 is 2.62 bits per heavy atom. The van der Waals surface area contributed by atoms with Gasteiger partial charge in [0.1, 0.15) is 0 Å². The number of nitrogens with one attached hydrogen (secondary N) is 3. The number of para-hydroxylation sites is 1. The van der Waals surface area contributed by atoms with Crippen LogP contribution in [0.3, 0.4) is 0 Å². The fourth-order valence-electron chi connectivity index (χ4n) is 2.51. The number of aryl methyl sites for hydroxylation is 1. The number of urea groups is 1. The van der Waals surface area contributed by atoms with Gasteiger partial charge in [-0.3, -0.25) is 4.21 Å². The summed E-state index contributed by atoms with van der Waals surface area (Å²) in [6.45, 7) is 8.87. The van der Waals surface area contributed by atoms with Gasteiger partial charge in [-0.1, -0.05) is 18.2 Å². The quantitative estimate of drug-likeness (QED) is 0.750. The van der Waals surface area contributed by atoms with Gasteiger partial charge in [-0.05, 0) is 45.2 Å². The van der Waals surface area contributed by atoms with E-state index in [9.17, 15) is 9.00 Å². The van der Waals surface area contributed by atoms with E-state index in [-0.39, 0.29) is 10.8 Å². The molecule has 0 radical (unpaired) electrons. The first-order chi connectivity index (χ1) is 11.3. The van der Waals surface area contributed by atoms with Crippen molar-refractivity contribution in [1.29, 1.82) is 0 Å². The number of carbonyl (C=O) groups excluding carboxylic acids is 1. The number of H-pyrrole nitrogens is 1. The molecule has 0 aliphatic heterocycles. The monoisotopic (exact) mass is 349 g/mol. The van der Waals surface area contributed by atoms with Crippen LogP contribution in [-0.2, 0) is 17.2 Å². The van der Waals surface area contributed by atoms with Crippen LogP contribution in [0.15, 0.2) is 24.4 Å². The lowest BCUT2D eigenvalue weighted by atomic mass is 10.1. The van der Waals surface area contributed by atoms with Crippen LogP contribution in [-0.4, -0.2) is 38.8 Å². The van der Waals surface area contributed by atoms with E-state index in [2.05, 4.69) is 34.7 Å². The topological polar surface area (TPSA) is 74.0 Å². The lowest BCUT2D eigenvalue weighted by Crippen LogP contribution is -2.39. The predicted octanol–water partition coefficient (Wildman–Crippen LogP) is 2.87. The highest BCUT2D eigenvalue weighted by atomic mass is 32.2. The first-order valence-corrected chi connectivity index (χ1v) is 9.56. The van der Waals surface area contributed by atoms with Crippen LogP contribution in [0.25, 0.3) is 10.9 Å². The number of amides is 2. The molecule has 132 valence electrons. The highest BCUT2D eigenvalue weighted by Crippen LogP contribution is 2.21. The Balaban J connectivity index is 1.74. The lowest BCUT2D eigenvalue weighted by Gasteiger charge is -2.17. The zero-order valence-corrected chi connectivity index (χ0v) is 15.7. The number of aromatic nitrogens is 1. The molecule has 0 aliphatic rings. The summed E-state index contributed by atoms with van der Waals surface area (Å²) >= 11 is 0. The Morgan fingerprint density at radius 2 is 1.92 bits per heavy atom. The van der Waals surface area contributed by atoms with Crippen molar-refractivity contribution >= 4 is 27.7 Å². The second-order valence-corrected chi connectivity index (χ2v) is 9.23. The molecule has 24 heavy (non-hydrogen) atoms. The fourth-order valence-corrected chi connectivity index (χ4v) is 3.41. The highest BCUT2D eigenvalue weighted by molar-refractivity contribution is 7.86. The third-order valence-corrected chi connectivity index (χ3v) is 5.89. The van der Waals surface area contributed by atoms with Crippen molar-refractivity contribution in [3.05, 3.63) is 35.5 Å². The summed E-state index contributed by atoms with van der Waals surface area (Å²) in [5, 5.41) is 6.82. The van der Waals surface area contributed by atoms with Gasteiger partial charge in [0.15, 0.2) is 0 Å². The Kier molecular flexibility index (Phi) is 6.04. The maximum absolute atomic E-state index is 11.9. The van der Waals surface area contributed by atoms with Crippen molar-refractivity contribution in [3.63, 3.8) is 0 Å². The number of hydrogen-bond donors (Lipinski definition) is 3. The predicted molar refractivity (Wildman–Crippen MR) is 101 cm³/mol. The molecule has 1 aromatic carbocycles. The van der Waals surface area contributed by atoms with E-state index < -0.39 is 10.8 Å². The zero-order valence-electron chi connectivity index (χ0n) is 14.9. The molecular weight excluding hydrogens is 322 g/mol. The van der Waals surface area contributed by atoms with E-state index in [1.54, 1.807) is 0 Å². The first-order valence-electron chi connectivity index (χ1n) is 8.25. The Morgan fingerprint density at radius 1 is 1.21 bits per heavy atom. The normalized spacial score (nSPS) is 13.0.